The molecule has 2 aromatic rings. The highest BCUT2D eigenvalue weighted by molar-refractivity contribution is 8.00. The third kappa shape index (κ3) is 4.95. The molecule has 0 saturated heterocycles. The van der Waals surface area contributed by atoms with E-state index in [2.05, 4.69) is 15.5 Å². The van der Waals surface area contributed by atoms with Crippen LogP contribution < -0.4 is 11.0 Å². The van der Waals surface area contributed by atoms with E-state index in [1.165, 1.54) is 23.9 Å². The zero-order chi connectivity index (χ0) is 17.5. The monoisotopic (exact) mass is 352 g/mol. The molecule has 0 bridgehead atoms. The lowest BCUT2D eigenvalue weighted by atomic mass is 10.2. The van der Waals surface area contributed by atoms with Crippen LogP contribution in [0.1, 0.15) is 32.3 Å². The zero-order valence-electron chi connectivity index (χ0n) is 13.7. The van der Waals surface area contributed by atoms with Crippen molar-refractivity contribution in [1.82, 2.24) is 20.1 Å². The van der Waals surface area contributed by atoms with E-state index >= 15 is 0 Å². The van der Waals surface area contributed by atoms with Crippen molar-refractivity contribution in [2.24, 2.45) is 0 Å². The third-order valence-corrected chi connectivity index (χ3v) is 4.58. The van der Waals surface area contributed by atoms with Crippen LogP contribution in [0.3, 0.4) is 0 Å². The predicted molar refractivity (Wildman–Crippen MR) is 91.3 cm³/mol. The van der Waals surface area contributed by atoms with Crippen molar-refractivity contribution in [2.45, 2.75) is 50.2 Å². The Balaban J connectivity index is 1.91. The summed E-state index contributed by atoms with van der Waals surface area (Å²) in [5, 5.41) is 9.32. The summed E-state index contributed by atoms with van der Waals surface area (Å²) in [4.78, 5) is 23.9. The number of H-pyrrole nitrogens is 1. The number of aromatic amines is 1. The Hall–Kier alpha value is -2.09. The van der Waals surface area contributed by atoms with E-state index in [0.29, 0.717) is 18.2 Å². The second-order valence-electron chi connectivity index (χ2n) is 5.42. The minimum atomic E-state index is -0.402. The Morgan fingerprint density at radius 3 is 2.79 bits per heavy atom. The highest BCUT2D eigenvalue weighted by atomic mass is 32.2. The maximum Gasteiger partial charge on any atom is 0.343 e. The first-order valence-electron chi connectivity index (χ1n) is 7.85. The molecule has 1 amide bonds. The molecule has 1 atom stereocenters. The van der Waals surface area contributed by atoms with Crippen LogP contribution in [0.15, 0.2) is 34.2 Å². The number of rotatable bonds is 8. The summed E-state index contributed by atoms with van der Waals surface area (Å²) < 4.78 is 14.4. The Labute approximate surface area is 143 Å². The van der Waals surface area contributed by atoms with Gasteiger partial charge in [0.25, 0.3) is 0 Å². The molecular formula is C16H21FN4O2S. The second-order valence-corrected chi connectivity index (χ2v) is 6.73. The normalized spacial score (nSPS) is 12.1. The summed E-state index contributed by atoms with van der Waals surface area (Å²) in [5.41, 5.74) is 0.562. The number of carbonyl (C=O) groups is 1. The van der Waals surface area contributed by atoms with Crippen molar-refractivity contribution in [1.29, 1.82) is 0 Å². The number of hydrogen-bond donors (Lipinski definition) is 2. The molecule has 2 N–H and O–H groups in total. The zero-order valence-corrected chi connectivity index (χ0v) is 14.5. The molecule has 1 heterocycles. The van der Waals surface area contributed by atoms with Gasteiger partial charge in [-0.1, -0.05) is 37.2 Å². The molecule has 24 heavy (non-hydrogen) atoms. The first-order valence-corrected chi connectivity index (χ1v) is 8.73. The van der Waals surface area contributed by atoms with Crippen molar-refractivity contribution >= 4 is 17.7 Å². The van der Waals surface area contributed by atoms with Gasteiger partial charge in [-0.05, 0) is 31.0 Å². The number of nitrogens with zero attached hydrogens (tertiary/aromatic N) is 2. The maximum atomic E-state index is 12.9. The number of benzene rings is 1. The van der Waals surface area contributed by atoms with Crippen molar-refractivity contribution in [3.8, 4) is 0 Å². The number of amides is 1. The van der Waals surface area contributed by atoms with Gasteiger partial charge in [0.05, 0.1) is 5.25 Å². The van der Waals surface area contributed by atoms with Gasteiger partial charge in [-0.25, -0.2) is 14.3 Å². The van der Waals surface area contributed by atoms with Crippen molar-refractivity contribution in [3.63, 3.8) is 0 Å². The van der Waals surface area contributed by atoms with Gasteiger partial charge in [-0.3, -0.25) is 9.36 Å². The quantitative estimate of drug-likeness (QED) is 0.715. The van der Waals surface area contributed by atoms with Gasteiger partial charge in [0, 0.05) is 13.1 Å². The summed E-state index contributed by atoms with van der Waals surface area (Å²) in [6.45, 7) is 4.71. The molecule has 0 fully saturated rings. The summed E-state index contributed by atoms with van der Waals surface area (Å²) >= 11 is 1.24. The predicted octanol–water partition coefficient (Wildman–Crippen LogP) is 2.31. The number of nitrogens with one attached hydrogen (secondary N) is 2. The van der Waals surface area contributed by atoms with Gasteiger partial charge >= 0.3 is 5.69 Å². The summed E-state index contributed by atoms with van der Waals surface area (Å²) in [6, 6.07) is 5.97. The Kier molecular flexibility index (Phi) is 6.60. The van der Waals surface area contributed by atoms with Crippen LogP contribution in [0.4, 0.5) is 4.39 Å². The van der Waals surface area contributed by atoms with Crippen molar-refractivity contribution in [3.05, 3.63) is 46.1 Å². The number of thioether (sulfide) groups is 1. The van der Waals surface area contributed by atoms with Gasteiger partial charge in [0.1, 0.15) is 5.82 Å². The maximum absolute atomic E-state index is 12.9. The van der Waals surface area contributed by atoms with Gasteiger partial charge in [-0.2, -0.15) is 0 Å². The largest absolute Gasteiger partial charge is 0.351 e. The molecule has 2 rings (SSSR count). The Bertz CT molecular complexity index is 726. The van der Waals surface area contributed by atoms with Crippen LogP contribution in [0.5, 0.6) is 0 Å². The average Bonchev–Trinajstić information content (AvgIpc) is 2.92. The lowest BCUT2D eigenvalue weighted by Gasteiger charge is -2.12. The number of unbranched alkanes of at least 4 members (excludes halogenated alkanes) is 1. The Morgan fingerprint density at radius 1 is 1.42 bits per heavy atom. The molecule has 0 spiro atoms. The SMILES string of the molecule is CCCCn1c(SC(C)C(=O)NCc2ccc(F)cc2)n[nH]c1=O. The van der Waals surface area contributed by atoms with E-state index < -0.39 is 5.25 Å². The van der Waals surface area contributed by atoms with Gasteiger partial charge < -0.3 is 5.32 Å². The fraction of sp³-hybridized carbons (Fsp3) is 0.438. The van der Waals surface area contributed by atoms with Crippen LogP contribution in [-0.4, -0.2) is 25.9 Å². The Morgan fingerprint density at radius 2 is 2.12 bits per heavy atom. The molecular weight excluding hydrogens is 331 g/mol. The van der Waals surface area contributed by atoms with E-state index in [0.717, 1.165) is 18.4 Å². The van der Waals surface area contributed by atoms with Crippen LogP contribution in [0.2, 0.25) is 0 Å². The first-order chi connectivity index (χ1) is 11.5. The van der Waals surface area contributed by atoms with Crippen LogP contribution in [0.25, 0.3) is 0 Å². The van der Waals surface area contributed by atoms with Crippen LogP contribution in [0, 0.1) is 5.82 Å². The molecule has 1 aromatic heterocycles. The van der Waals surface area contributed by atoms with Gasteiger partial charge in [0.15, 0.2) is 5.16 Å². The van der Waals surface area contributed by atoms with Crippen molar-refractivity contribution < 1.29 is 9.18 Å². The molecule has 0 aliphatic heterocycles. The van der Waals surface area contributed by atoms with Gasteiger partial charge in [-0.15, -0.1) is 5.10 Å². The summed E-state index contributed by atoms with van der Waals surface area (Å²) in [7, 11) is 0. The highest BCUT2D eigenvalue weighted by Gasteiger charge is 2.18. The number of hydrogen-bond acceptors (Lipinski definition) is 4. The summed E-state index contributed by atoms with van der Waals surface area (Å²) in [6.07, 6.45) is 1.84. The lowest BCUT2D eigenvalue weighted by Crippen LogP contribution is -2.30. The standard InChI is InChI=1S/C16H21FN4O2S/c1-3-4-9-21-15(23)19-20-16(21)24-11(2)14(22)18-10-12-5-7-13(17)8-6-12/h5-8,11H,3-4,9-10H2,1-2H3,(H,18,22)(H,19,23). The molecule has 6 nitrogen and oxygen atoms in total. The minimum Gasteiger partial charge on any atom is -0.351 e. The fourth-order valence-electron chi connectivity index (χ4n) is 2.05. The van der Waals surface area contributed by atoms with Crippen LogP contribution in [-0.2, 0) is 17.9 Å². The number of halogens is 1. The fourth-order valence-corrected chi connectivity index (χ4v) is 2.96. The number of aromatic nitrogens is 3. The highest BCUT2D eigenvalue weighted by Crippen LogP contribution is 2.20. The third-order valence-electron chi connectivity index (χ3n) is 3.49. The molecule has 0 aliphatic rings. The second kappa shape index (κ2) is 8.68. The van der Waals surface area contributed by atoms with Gasteiger partial charge in [0.2, 0.25) is 5.91 Å². The van der Waals surface area contributed by atoms with E-state index in [1.807, 2.05) is 6.92 Å². The topological polar surface area (TPSA) is 79.8 Å². The molecule has 0 radical (unpaired) electrons. The smallest absolute Gasteiger partial charge is 0.343 e. The van der Waals surface area contributed by atoms with E-state index in [4.69, 9.17) is 0 Å². The van der Waals surface area contributed by atoms with E-state index in [1.54, 1.807) is 23.6 Å². The van der Waals surface area contributed by atoms with E-state index in [-0.39, 0.29) is 17.4 Å². The first kappa shape index (κ1) is 18.3. The number of carbonyl (C=O) groups excluding carboxylic acids is 1. The molecule has 1 unspecified atom stereocenters. The average molecular weight is 352 g/mol. The van der Waals surface area contributed by atoms with Crippen LogP contribution >= 0.6 is 11.8 Å². The lowest BCUT2D eigenvalue weighted by molar-refractivity contribution is -0.120. The molecule has 0 saturated carbocycles. The summed E-state index contributed by atoms with van der Waals surface area (Å²) in [5.74, 6) is -0.473. The minimum absolute atomic E-state index is 0.165. The molecule has 130 valence electrons. The molecule has 8 heteroatoms. The molecule has 1 aromatic carbocycles. The van der Waals surface area contributed by atoms with E-state index in [9.17, 15) is 14.0 Å². The molecule has 0 aliphatic carbocycles. The van der Waals surface area contributed by atoms with Crippen molar-refractivity contribution in [2.75, 3.05) is 0 Å².